The minimum atomic E-state index is -0.100. The van der Waals surface area contributed by atoms with Crippen molar-refractivity contribution in [3.05, 3.63) is 48.0 Å². The van der Waals surface area contributed by atoms with Gasteiger partial charge in [-0.25, -0.2) is 0 Å². The molecule has 0 atom stereocenters. The van der Waals surface area contributed by atoms with Gasteiger partial charge in [-0.05, 0) is 25.1 Å². The first-order valence-corrected chi connectivity index (χ1v) is 7.55. The van der Waals surface area contributed by atoms with Crippen molar-refractivity contribution in [2.45, 2.75) is 13.5 Å². The van der Waals surface area contributed by atoms with Crippen LogP contribution in [-0.4, -0.2) is 26.2 Å². The second-order valence-corrected chi connectivity index (χ2v) is 5.15. The molecule has 1 amide bonds. The van der Waals surface area contributed by atoms with Gasteiger partial charge in [0.15, 0.2) is 18.1 Å². The summed E-state index contributed by atoms with van der Waals surface area (Å²) in [6.07, 6.45) is 0. The summed E-state index contributed by atoms with van der Waals surface area (Å²) < 4.78 is 16.5. The lowest BCUT2D eigenvalue weighted by Crippen LogP contribution is -2.32. The number of ether oxygens (including phenoxy) is 3. The van der Waals surface area contributed by atoms with Crippen LogP contribution >= 0.6 is 0 Å². The Morgan fingerprint density at radius 1 is 1.22 bits per heavy atom. The van der Waals surface area contributed by atoms with Gasteiger partial charge < -0.3 is 19.1 Å². The molecule has 0 aliphatic carbocycles. The topological polar surface area (TPSA) is 48.0 Å². The molecule has 0 unspecified atom stereocenters. The molecular formula is C18H19NO4. The maximum atomic E-state index is 12.5. The fourth-order valence-electron chi connectivity index (χ4n) is 2.60. The van der Waals surface area contributed by atoms with Crippen LogP contribution in [0.1, 0.15) is 12.5 Å². The lowest BCUT2D eigenvalue weighted by Gasteiger charge is -2.20. The molecule has 2 aromatic carbocycles. The third-order valence-electron chi connectivity index (χ3n) is 3.69. The number of carbonyl (C=O) groups is 1. The Kier molecular flexibility index (Phi) is 4.37. The van der Waals surface area contributed by atoms with Crippen molar-refractivity contribution in [3.63, 3.8) is 0 Å². The lowest BCUT2D eigenvalue weighted by atomic mass is 10.1. The fraction of sp³-hybridized carbons (Fsp3) is 0.278. The minimum absolute atomic E-state index is 0.0195. The molecule has 0 radical (unpaired) electrons. The van der Waals surface area contributed by atoms with Crippen LogP contribution in [0.4, 0.5) is 5.69 Å². The Morgan fingerprint density at radius 2 is 2.04 bits per heavy atom. The van der Waals surface area contributed by atoms with E-state index >= 15 is 0 Å². The number of fused-ring (bicyclic) bond motifs is 1. The molecule has 1 heterocycles. The van der Waals surface area contributed by atoms with E-state index in [9.17, 15) is 4.79 Å². The van der Waals surface area contributed by atoms with Gasteiger partial charge in [0.1, 0.15) is 5.75 Å². The van der Waals surface area contributed by atoms with Gasteiger partial charge in [0.25, 0.3) is 5.91 Å². The zero-order valence-corrected chi connectivity index (χ0v) is 13.2. The molecule has 5 nitrogen and oxygen atoms in total. The number of anilines is 1. The predicted octanol–water partition coefficient (Wildman–Crippen LogP) is 3.02. The fourth-order valence-corrected chi connectivity index (χ4v) is 2.60. The summed E-state index contributed by atoms with van der Waals surface area (Å²) >= 11 is 0. The van der Waals surface area contributed by atoms with Gasteiger partial charge in [0.05, 0.1) is 20.3 Å². The van der Waals surface area contributed by atoms with E-state index in [4.69, 9.17) is 14.2 Å². The number of para-hydroxylation sites is 1. The average molecular weight is 313 g/mol. The first-order valence-electron chi connectivity index (χ1n) is 7.55. The molecule has 2 aromatic rings. The number of hydrogen-bond acceptors (Lipinski definition) is 4. The van der Waals surface area contributed by atoms with Gasteiger partial charge in [-0.15, -0.1) is 0 Å². The zero-order valence-electron chi connectivity index (χ0n) is 13.2. The molecule has 0 aromatic heterocycles. The van der Waals surface area contributed by atoms with E-state index in [1.807, 2.05) is 49.4 Å². The van der Waals surface area contributed by atoms with Gasteiger partial charge in [0.2, 0.25) is 0 Å². The number of methoxy groups -OCH3 is 1. The molecule has 5 heteroatoms. The molecule has 0 saturated carbocycles. The standard InChI is InChI=1S/C18H19NO4/c1-3-22-16-9-4-6-13-11-19(17(20)12-23-18(13)16)14-7-5-8-15(10-14)21-2/h4-10H,3,11-12H2,1-2H3. The summed E-state index contributed by atoms with van der Waals surface area (Å²) in [6, 6.07) is 13.2. The molecule has 0 N–H and O–H groups in total. The SMILES string of the molecule is CCOc1cccc2c1OCC(=O)N(c1cccc(OC)c1)C2. The first kappa shape index (κ1) is 15.2. The van der Waals surface area contributed by atoms with Crippen LogP contribution in [0.5, 0.6) is 17.2 Å². The predicted molar refractivity (Wildman–Crippen MR) is 87.3 cm³/mol. The highest BCUT2D eigenvalue weighted by atomic mass is 16.5. The smallest absolute Gasteiger partial charge is 0.265 e. The highest BCUT2D eigenvalue weighted by Crippen LogP contribution is 2.35. The molecule has 1 aliphatic rings. The number of hydrogen-bond donors (Lipinski definition) is 0. The van der Waals surface area contributed by atoms with Crippen molar-refractivity contribution in [1.29, 1.82) is 0 Å². The molecule has 3 rings (SSSR count). The Labute approximate surface area is 135 Å². The van der Waals surface area contributed by atoms with Crippen molar-refractivity contribution < 1.29 is 19.0 Å². The molecule has 0 bridgehead atoms. The van der Waals surface area contributed by atoms with E-state index in [2.05, 4.69) is 0 Å². The summed E-state index contributed by atoms with van der Waals surface area (Å²) in [7, 11) is 1.61. The van der Waals surface area contributed by atoms with Crippen molar-refractivity contribution in [3.8, 4) is 17.2 Å². The van der Waals surface area contributed by atoms with E-state index in [-0.39, 0.29) is 12.5 Å². The van der Waals surface area contributed by atoms with E-state index in [1.54, 1.807) is 12.0 Å². The van der Waals surface area contributed by atoms with Crippen LogP contribution in [-0.2, 0) is 11.3 Å². The quantitative estimate of drug-likeness (QED) is 0.870. The molecule has 0 fully saturated rings. The summed E-state index contributed by atoms with van der Waals surface area (Å²) in [5.41, 5.74) is 1.71. The molecule has 120 valence electrons. The third-order valence-corrected chi connectivity index (χ3v) is 3.69. The summed E-state index contributed by atoms with van der Waals surface area (Å²) in [6.45, 7) is 2.88. The van der Waals surface area contributed by atoms with Crippen LogP contribution in [0.25, 0.3) is 0 Å². The third kappa shape index (κ3) is 3.08. The van der Waals surface area contributed by atoms with Crippen molar-refractivity contribution >= 4 is 11.6 Å². The Bertz CT molecular complexity index is 714. The number of nitrogens with zero attached hydrogens (tertiary/aromatic N) is 1. The van der Waals surface area contributed by atoms with E-state index in [1.165, 1.54) is 0 Å². The van der Waals surface area contributed by atoms with Crippen LogP contribution in [0.3, 0.4) is 0 Å². The van der Waals surface area contributed by atoms with Crippen LogP contribution < -0.4 is 19.1 Å². The summed E-state index contributed by atoms with van der Waals surface area (Å²) in [4.78, 5) is 14.2. The van der Waals surface area contributed by atoms with Crippen molar-refractivity contribution in [2.75, 3.05) is 25.2 Å². The van der Waals surface area contributed by atoms with Crippen molar-refractivity contribution in [2.24, 2.45) is 0 Å². The monoisotopic (exact) mass is 313 g/mol. The Balaban J connectivity index is 1.97. The summed E-state index contributed by atoms with van der Waals surface area (Å²) in [5, 5.41) is 0. The first-order chi connectivity index (χ1) is 11.2. The van der Waals surface area contributed by atoms with Crippen LogP contribution in [0, 0.1) is 0 Å². The van der Waals surface area contributed by atoms with Crippen LogP contribution in [0.2, 0.25) is 0 Å². The largest absolute Gasteiger partial charge is 0.497 e. The van der Waals surface area contributed by atoms with Crippen molar-refractivity contribution in [1.82, 2.24) is 0 Å². The molecule has 1 aliphatic heterocycles. The van der Waals surface area contributed by atoms with Crippen LogP contribution in [0.15, 0.2) is 42.5 Å². The minimum Gasteiger partial charge on any atom is -0.497 e. The maximum Gasteiger partial charge on any atom is 0.265 e. The lowest BCUT2D eigenvalue weighted by molar-refractivity contribution is -0.120. The molecule has 23 heavy (non-hydrogen) atoms. The highest BCUT2D eigenvalue weighted by Gasteiger charge is 2.25. The normalized spacial score (nSPS) is 13.8. The number of benzene rings is 2. The van der Waals surface area contributed by atoms with Gasteiger partial charge >= 0.3 is 0 Å². The molecule has 0 saturated heterocycles. The zero-order chi connectivity index (χ0) is 16.2. The number of rotatable bonds is 4. The molecule has 0 spiro atoms. The van der Waals surface area contributed by atoms with Gasteiger partial charge in [-0.3, -0.25) is 4.79 Å². The van der Waals surface area contributed by atoms with Gasteiger partial charge in [-0.2, -0.15) is 0 Å². The second kappa shape index (κ2) is 6.60. The molecular weight excluding hydrogens is 294 g/mol. The van der Waals surface area contributed by atoms with E-state index in [0.717, 1.165) is 11.3 Å². The maximum absolute atomic E-state index is 12.5. The number of amides is 1. The van der Waals surface area contributed by atoms with Gasteiger partial charge in [0, 0.05) is 17.3 Å². The Morgan fingerprint density at radius 3 is 2.83 bits per heavy atom. The number of carbonyl (C=O) groups excluding carboxylic acids is 1. The average Bonchev–Trinajstić information content (AvgIpc) is 2.75. The highest BCUT2D eigenvalue weighted by molar-refractivity contribution is 5.95. The van der Waals surface area contributed by atoms with E-state index < -0.39 is 0 Å². The van der Waals surface area contributed by atoms with Gasteiger partial charge in [-0.1, -0.05) is 18.2 Å². The Hall–Kier alpha value is -2.69. The second-order valence-electron chi connectivity index (χ2n) is 5.15. The summed E-state index contributed by atoms with van der Waals surface area (Å²) in [5.74, 6) is 1.93. The van der Waals surface area contributed by atoms with E-state index in [0.29, 0.717) is 30.4 Å².